The van der Waals surface area contributed by atoms with E-state index in [1.165, 1.54) is 18.2 Å². The Balaban J connectivity index is 2.24. The van der Waals surface area contributed by atoms with E-state index in [2.05, 4.69) is 10.6 Å². The molecule has 1 aromatic rings. The van der Waals surface area contributed by atoms with Crippen molar-refractivity contribution >= 4 is 11.6 Å². The Morgan fingerprint density at radius 1 is 1.40 bits per heavy atom. The van der Waals surface area contributed by atoms with Crippen molar-refractivity contribution in [2.45, 2.75) is 37.9 Å². The maximum atomic E-state index is 12.9. The van der Waals surface area contributed by atoms with E-state index in [0.717, 1.165) is 12.5 Å². The van der Waals surface area contributed by atoms with Crippen molar-refractivity contribution < 1.29 is 18.0 Å². The summed E-state index contributed by atoms with van der Waals surface area (Å²) in [7, 11) is 0. The molecule has 1 fully saturated rings. The second-order valence-corrected chi connectivity index (χ2v) is 4.96. The van der Waals surface area contributed by atoms with Crippen LogP contribution in [0.5, 0.6) is 0 Å². The predicted molar refractivity (Wildman–Crippen MR) is 70.3 cm³/mol. The van der Waals surface area contributed by atoms with Crippen LogP contribution in [0.2, 0.25) is 0 Å². The van der Waals surface area contributed by atoms with Crippen LogP contribution >= 0.6 is 0 Å². The number of carbonyl (C=O) groups is 1. The topological polar surface area (TPSA) is 41.1 Å². The molecule has 6 heteroatoms. The number of nitrogens with one attached hydrogen (secondary N) is 2. The van der Waals surface area contributed by atoms with E-state index in [1.807, 2.05) is 6.92 Å². The fourth-order valence-corrected chi connectivity index (χ4v) is 2.54. The van der Waals surface area contributed by atoms with Crippen molar-refractivity contribution in [2.24, 2.45) is 0 Å². The van der Waals surface area contributed by atoms with E-state index >= 15 is 0 Å². The average Bonchev–Trinajstić information content (AvgIpc) is 2.88. The number of carbonyl (C=O) groups excluding carboxylic acids is 1. The summed E-state index contributed by atoms with van der Waals surface area (Å²) in [6.07, 6.45) is -2.44. The third-order valence-electron chi connectivity index (χ3n) is 3.76. The Morgan fingerprint density at radius 3 is 2.65 bits per heavy atom. The number of alkyl halides is 3. The quantitative estimate of drug-likeness (QED) is 0.896. The van der Waals surface area contributed by atoms with Gasteiger partial charge >= 0.3 is 6.18 Å². The van der Waals surface area contributed by atoms with Crippen LogP contribution in [0, 0.1) is 0 Å². The minimum absolute atomic E-state index is 0.188. The summed E-state index contributed by atoms with van der Waals surface area (Å²) in [6, 6.07) is 5.03. The van der Waals surface area contributed by atoms with E-state index in [9.17, 15) is 18.0 Å². The summed E-state index contributed by atoms with van der Waals surface area (Å²) in [5.74, 6) is -0.394. The number of halogens is 3. The van der Waals surface area contributed by atoms with E-state index < -0.39 is 23.2 Å². The van der Waals surface area contributed by atoms with Gasteiger partial charge in [-0.05, 0) is 37.9 Å². The van der Waals surface area contributed by atoms with Crippen LogP contribution in [0.15, 0.2) is 24.3 Å². The molecular weight excluding hydrogens is 269 g/mol. The fourth-order valence-electron chi connectivity index (χ4n) is 2.54. The number of rotatable bonds is 3. The van der Waals surface area contributed by atoms with Gasteiger partial charge in [0.1, 0.15) is 0 Å². The first-order chi connectivity index (χ1) is 9.39. The molecule has 1 unspecified atom stereocenters. The molecule has 0 saturated carbocycles. The number of anilines is 1. The number of amides is 1. The maximum Gasteiger partial charge on any atom is 0.418 e. The van der Waals surface area contributed by atoms with Crippen LogP contribution in [-0.2, 0) is 11.0 Å². The lowest BCUT2D eigenvalue weighted by Crippen LogP contribution is -2.50. The molecule has 0 aromatic heterocycles. The fraction of sp³-hybridized carbons (Fsp3) is 0.500. The lowest BCUT2D eigenvalue weighted by Gasteiger charge is -2.27. The van der Waals surface area contributed by atoms with Gasteiger partial charge in [-0.3, -0.25) is 4.79 Å². The molecule has 1 saturated heterocycles. The third-order valence-corrected chi connectivity index (χ3v) is 3.76. The minimum atomic E-state index is -4.48. The molecule has 0 spiro atoms. The molecule has 1 aliphatic rings. The van der Waals surface area contributed by atoms with Gasteiger partial charge in [0.15, 0.2) is 0 Å². The standard InChI is InChI=1S/C14H17F3N2O/c1-2-13(8-5-9-18-13)12(20)19-11-7-4-3-6-10(11)14(15,16)17/h3-4,6-7,18H,2,5,8-9H2,1H3,(H,19,20). The highest BCUT2D eigenvalue weighted by Gasteiger charge is 2.40. The lowest BCUT2D eigenvalue weighted by atomic mass is 9.93. The van der Waals surface area contributed by atoms with Crippen molar-refractivity contribution in [3.63, 3.8) is 0 Å². The molecule has 2 rings (SSSR count). The normalized spacial score (nSPS) is 22.8. The molecule has 3 nitrogen and oxygen atoms in total. The second kappa shape index (κ2) is 5.44. The summed E-state index contributed by atoms with van der Waals surface area (Å²) >= 11 is 0. The first kappa shape index (κ1) is 14.8. The molecule has 110 valence electrons. The highest BCUT2D eigenvalue weighted by atomic mass is 19.4. The van der Waals surface area contributed by atoms with Gasteiger partial charge in [0.2, 0.25) is 5.91 Å². The zero-order valence-corrected chi connectivity index (χ0v) is 11.2. The van der Waals surface area contributed by atoms with Crippen LogP contribution in [0.3, 0.4) is 0 Å². The number of hydrogen-bond donors (Lipinski definition) is 2. The Labute approximate surface area is 115 Å². The van der Waals surface area contributed by atoms with Crippen molar-refractivity contribution in [1.29, 1.82) is 0 Å². The van der Waals surface area contributed by atoms with Crippen molar-refractivity contribution in [2.75, 3.05) is 11.9 Å². The maximum absolute atomic E-state index is 12.9. The van der Waals surface area contributed by atoms with Gasteiger partial charge in [-0.15, -0.1) is 0 Å². The molecule has 20 heavy (non-hydrogen) atoms. The summed E-state index contributed by atoms with van der Waals surface area (Å²) in [6.45, 7) is 2.57. The Hall–Kier alpha value is -1.56. The number of benzene rings is 1. The smallest absolute Gasteiger partial charge is 0.324 e. The van der Waals surface area contributed by atoms with E-state index in [4.69, 9.17) is 0 Å². The number of para-hydroxylation sites is 1. The second-order valence-electron chi connectivity index (χ2n) is 4.96. The third kappa shape index (κ3) is 2.80. The van der Waals surface area contributed by atoms with E-state index in [-0.39, 0.29) is 5.69 Å². The average molecular weight is 286 g/mol. The molecule has 2 N–H and O–H groups in total. The van der Waals surface area contributed by atoms with Gasteiger partial charge in [-0.25, -0.2) is 0 Å². The van der Waals surface area contributed by atoms with Gasteiger partial charge in [0, 0.05) is 0 Å². The SMILES string of the molecule is CCC1(C(=O)Nc2ccccc2C(F)(F)F)CCCN1. The molecule has 1 aliphatic heterocycles. The highest BCUT2D eigenvalue weighted by Crippen LogP contribution is 2.35. The Morgan fingerprint density at radius 2 is 2.10 bits per heavy atom. The summed E-state index contributed by atoms with van der Waals surface area (Å²) in [5.41, 5.74) is -1.76. The van der Waals surface area contributed by atoms with Gasteiger partial charge in [0.05, 0.1) is 16.8 Å². The first-order valence-corrected chi connectivity index (χ1v) is 6.62. The number of hydrogen-bond acceptors (Lipinski definition) is 2. The summed E-state index contributed by atoms with van der Waals surface area (Å²) in [4.78, 5) is 12.3. The molecule has 0 bridgehead atoms. The highest BCUT2D eigenvalue weighted by molar-refractivity contribution is 5.99. The lowest BCUT2D eigenvalue weighted by molar-refractivity contribution is -0.137. The van der Waals surface area contributed by atoms with Gasteiger partial charge in [-0.1, -0.05) is 19.1 Å². The van der Waals surface area contributed by atoms with Crippen LogP contribution in [-0.4, -0.2) is 18.0 Å². The predicted octanol–water partition coefficient (Wildman–Crippen LogP) is 3.18. The first-order valence-electron chi connectivity index (χ1n) is 6.62. The minimum Gasteiger partial charge on any atom is -0.324 e. The van der Waals surface area contributed by atoms with E-state index in [0.29, 0.717) is 19.4 Å². The molecular formula is C14H17F3N2O. The van der Waals surface area contributed by atoms with Crippen LogP contribution in [0.25, 0.3) is 0 Å². The van der Waals surface area contributed by atoms with Gasteiger partial charge < -0.3 is 10.6 Å². The molecule has 1 atom stereocenters. The zero-order valence-electron chi connectivity index (χ0n) is 11.2. The van der Waals surface area contributed by atoms with Crippen LogP contribution in [0.1, 0.15) is 31.7 Å². The van der Waals surface area contributed by atoms with Crippen LogP contribution in [0.4, 0.5) is 18.9 Å². The summed E-state index contributed by atoms with van der Waals surface area (Å²) < 4.78 is 38.7. The summed E-state index contributed by atoms with van der Waals surface area (Å²) in [5, 5.41) is 5.53. The molecule has 0 aliphatic carbocycles. The van der Waals surface area contributed by atoms with Crippen molar-refractivity contribution in [3.05, 3.63) is 29.8 Å². The molecule has 1 aromatic carbocycles. The molecule has 0 radical (unpaired) electrons. The largest absolute Gasteiger partial charge is 0.418 e. The van der Waals surface area contributed by atoms with Crippen molar-refractivity contribution in [1.82, 2.24) is 5.32 Å². The van der Waals surface area contributed by atoms with Crippen molar-refractivity contribution in [3.8, 4) is 0 Å². The monoisotopic (exact) mass is 286 g/mol. The van der Waals surface area contributed by atoms with Gasteiger partial charge in [-0.2, -0.15) is 13.2 Å². The molecule has 1 amide bonds. The van der Waals surface area contributed by atoms with Crippen LogP contribution < -0.4 is 10.6 Å². The van der Waals surface area contributed by atoms with E-state index in [1.54, 1.807) is 0 Å². The zero-order chi connectivity index (χ0) is 14.8. The molecule has 1 heterocycles. The Kier molecular flexibility index (Phi) is 4.04. The Bertz CT molecular complexity index is 493. The van der Waals surface area contributed by atoms with Gasteiger partial charge in [0.25, 0.3) is 0 Å².